The molecular weight excluding hydrogens is 411 g/mol. The highest BCUT2D eigenvalue weighted by Gasteiger charge is 2.27. The fraction of sp³-hybridized carbons (Fsp3) is 0.364. The molecule has 0 radical (unpaired) electrons. The highest BCUT2D eigenvalue weighted by Crippen LogP contribution is 2.23. The third kappa shape index (κ3) is 7.26. The first-order valence-corrected chi connectivity index (χ1v) is 10.2. The molecule has 2 amide bonds. The van der Waals surface area contributed by atoms with Crippen LogP contribution < -0.4 is 10.1 Å². The van der Waals surface area contributed by atoms with Crippen molar-refractivity contribution >= 4 is 35.0 Å². The van der Waals surface area contributed by atoms with Gasteiger partial charge in [0.15, 0.2) is 6.61 Å². The van der Waals surface area contributed by atoms with Crippen LogP contribution in [-0.2, 0) is 16.1 Å². The number of hydrogen-bond donors (Lipinski definition) is 1. The highest BCUT2D eigenvalue weighted by atomic mass is 35.5. The Morgan fingerprint density at radius 1 is 1.07 bits per heavy atom. The summed E-state index contributed by atoms with van der Waals surface area (Å²) in [5.74, 6) is 0.355. The van der Waals surface area contributed by atoms with Crippen LogP contribution in [0, 0.1) is 5.92 Å². The molecule has 1 N–H and O–H groups in total. The van der Waals surface area contributed by atoms with Crippen LogP contribution in [0.15, 0.2) is 48.5 Å². The first-order valence-electron chi connectivity index (χ1n) is 9.47. The van der Waals surface area contributed by atoms with Gasteiger partial charge in [-0.2, -0.15) is 0 Å². The lowest BCUT2D eigenvalue weighted by atomic mass is 10.1. The maximum atomic E-state index is 12.9. The van der Waals surface area contributed by atoms with Gasteiger partial charge in [-0.15, -0.1) is 0 Å². The van der Waals surface area contributed by atoms with E-state index >= 15 is 0 Å². The molecule has 0 unspecified atom stereocenters. The number of carbonyl (C=O) groups excluding carboxylic acids is 2. The first-order chi connectivity index (χ1) is 13.8. The Hall–Kier alpha value is -2.24. The normalized spacial score (nSPS) is 11.8. The summed E-state index contributed by atoms with van der Waals surface area (Å²) in [6.45, 7) is 6.23. The van der Waals surface area contributed by atoms with Gasteiger partial charge >= 0.3 is 0 Å². The molecule has 0 bridgehead atoms. The second-order valence-corrected chi connectivity index (χ2v) is 8.02. The van der Waals surface area contributed by atoms with Gasteiger partial charge in [0.1, 0.15) is 11.8 Å². The van der Waals surface area contributed by atoms with Gasteiger partial charge in [0, 0.05) is 23.1 Å². The number of hydrogen-bond acceptors (Lipinski definition) is 3. The van der Waals surface area contributed by atoms with Gasteiger partial charge in [0.2, 0.25) is 5.91 Å². The Morgan fingerprint density at radius 3 is 2.38 bits per heavy atom. The Kier molecular flexibility index (Phi) is 8.80. The van der Waals surface area contributed by atoms with Gasteiger partial charge in [-0.25, -0.2) is 0 Å². The van der Waals surface area contributed by atoms with Crippen molar-refractivity contribution in [1.82, 2.24) is 10.2 Å². The monoisotopic (exact) mass is 436 g/mol. The molecular formula is C22H26Cl2N2O3. The van der Waals surface area contributed by atoms with E-state index in [1.54, 1.807) is 37.3 Å². The van der Waals surface area contributed by atoms with E-state index in [9.17, 15) is 9.59 Å². The van der Waals surface area contributed by atoms with Crippen LogP contribution in [0.2, 0.25) is 10.0 Å². The highest BCUT2D eigenvalue weighted by molar-refractivity contribution is 6.35. The van der Waals surface area contributed by atoms with Gasteiger partial charge in [0.25, 0.3) is 5.91 Å². The van der Waals surface area contributed by atoms with Crippen LogP contribution in [0.25, 0.3) is 0 Å². The molecule has 0 aliphatic heterocycles. The van der Waals surface area contributed by atoms with E-state index in [0.717, 1.165) is 0 Å². The summed E-state index contributed by atoms with van der Waals surface area (Å²) < 4.78 is 5.59. The molecule has 2 aromatic rings. The van der Waals surface area contributed by atoms with Crippen molar-refractivity contribution in [2.75, 3.05) is 13.2 Å². The van der Waals surface area contributed by atoms with E-state index in [1.807, 2.05) is 32.0 Å². The van der Waals surface area contributed by atoms with Crippen molar-refractivity contribution in [3.8, 4) is 5.75 Å². The zero-order valence-electron chi connectivity index (χ0n) is 16.8. The van der Waals surface area contributed by atoms with Crippen LogP contribution >= 0.6 is 23.2 Å². The average Bonchev–Trinajstić information content (AvgIpc) is 2.70. The number of para-hydroxylation sites is 1. The molecule has 0 spiro atoms. The van der Waals surface area contributed by atoms with E-state index in [2.05, 4.69) is 5.32 Å². The van der Waals surface area contributed by atoms with Gasteiger partial charge in [-0.1, -0.05) is 61.3 Å². The number of nitrogens with one attached hydrogen (secondary N) is 1. The number of carbonyl (C=O) groups is 2. The molecule has 156 valence electrons. The fourth-order valence-electron chi connectivity index (χ4n) is 2.61. The Labute approximate surface area is 181 Å². The Morgan fingerprint density at radius 2 is 1.76 bits per heavy atom. The summed E-state index contributed by atoms with van der Waals surface area (Å²) in [6, 6.07) is 13.4. The zero-order valence-corrected chi connectivity index (χ0v) is 18.3. The molecule has 0 saturated carbocycles. The number of halogens is 2. The van der Waals surface area contributed by atoms with E-state index in [0.29, 0.717) is 33.8 Å². The summed E-state index contributed by atoms with van der Waals surface area (Å²) in [5, 5.41) is 3.82. The molecule has 2 aromatic carbocycles. The number of amides is 2. The predicted octanol–water partition coefficient (Wildman–Crippen LogP) is 4.56. The van der Waals surface area contributed by atoms with E-state index in [-0.39, 0.29) is 25.0 Å². The largest absolute Gasteiger partial charge is 0.484 e. The molecule has 5 nitrogen and oxygen atoms in total. The summed E-state index contributed by atoms with van der Waals surface area (Å²) in [7, 11) is 0. The lowest BCUT2D eigenvalue weighted by Gasteiger charge is -2.29. The van der Waals surface area contributed by atoms with Gasteiger partial charge in [0.05, 0.1) is 0 Å². The molecule has 0 saturated heterocycles. The molecule has 0 fully saturated rings. The van der Waals surface area contributed by atoms with Gasteiger partial charge in [-0.05, 0) is 42.7 Å². The first kappa shape index (κ1) is 23.0. The minimum absolute atomic E-state index is 0.170. The lowest BCUT2D eigenvalue weighted by Crippen LogP contribution is -2.49. The smallest absolute Gasteiger partial charge is 0.261 e. The lowest BCUT2D eigenvalue weighted by molar-refractivity contribution is -0.142. The maximum Gasteiger partial charge on any atom is 0.261 e. The molecule has 7 heteroatoms. The summed E-state index contributed by atoms with van der Waals surface area (Å²) in [6.07, 6.45) is 0. The molecule has 0 aliphatic rings. The van der Waals surface area contributed by atoms with Crippen molar-refractivity contribution in [3.05, 3.63) is 64.1 Å². The van der Waals surface area contributed by atoms with Crippen LogP contribution in [0.3, 0.4) is 0 Å². The Balaban J connectivity index is 2.16. The molecule has 0 aromatic heterocycles. The average molecular weight is 437 g/mol. The summed E-state index contributed by atoms with van der Waals surface area (Å²) in [5.41, 5.74) is 0.702. The van der Waals surface area contributed by atoms with E-state index in [4.69, 9.17) is 27.9 Å². The topological polar surface area (TPSA) is 58.6 Å². The third-order valence-corrected chi connectivity index (χ3v) is 4.90. The number of rotatable bonds is 9. The van der Waals surface area contributed by atoms with Crippen molar-refractivity contribution in [1.29, 1.82) is 0 Å². The molecule has 0 heterocycles. The summed E-state index contributed by atoms with van der Waals surface area (Å²) >= 11 is 12.3. The standard InChI is InChI=1S/C22H26Cl2N2O3/c1-15(2)12-25-22(28)16(3)26(13-17-9-10-18(23)11-20(17)24)21(27)14-29-19-7-5-4-6-8-19/h4-11,15-16H,12-14H2,1-3H3,(H,25,28)/t16-/m0/s1. The number of benzene rings is 2. The minimum atomic E-state index is -0.688. The second kappa shape index (κ2) is 11.1. The molecule has 29 heavy (non-hydrogen) atoms. The van der Waals surface area contributed by atoms with E-state index in [1.165, 1.54) is 4.90 Å². The van der Waals surface area contributed by atoms with E-state index < -0.39 is 6.04 Å². The number of nitrogens with zero attached hydrogens (tertiary/aromatic N) is 1. The quantitative estimate of drug-likeness (QED) is 0.626. The molecule has 2 rings (SSSR count). The van der Waals surface area contributed by atoms with Crippen LogP contribution in [0.5, 0.6) is 5.75 Å². The Bertz CT molecular complexity index is 828. The zero-order chi connectivity index (χ0) is 21.4. The maximum absolute atomic E-state index is 12.9. The third-order valence-electron chi connectivity index (χ3n) is 4.31. The second-order valence-electron chi connectivity index (χ2n) is 7.17. The van der Waals surface area contributed by atoms with Crippen LogP contribution in [0.4, 0.5) is 0 Å². The van der Waals surface area contributed by atoms with Crippen molar-refractivity contribution in [3.63, 3.8) is 0 Å². The van der Waals surface area contributed by atoms with Crippen LogP contribution in [0.1, 0.15) is 26.3 Å². The summed E-state index contributed by atoms with van der Waals surface area (Å²) in [4.78, 5) is 27.0. The SMILES string of the molecule is CC(C)CNC(=O)[C@H](C)N(Cc1ccc(Cl)cc1Cl)C(=O)COc1ccccc1. The number of ether oxygens (including phenoxy) is 1. The predicted molar refractivity (Wildman–Crippen MR) is 116 cm³/mol. The molecule has 0 aliphatic carbocycles. The minimum Gasteiger partial charge on any atom is -0.484 e. The van der Waals surface area contributed by atoms with Gasteiger partial charge in [-0.3, -0.25) is 9.59 Å². The van der Waals surface area contributed by atoms with Crippen molar-refractivity contribution < 1.29 is 14.3 Å². The van der Waals surface area contributed by atoms with Crippen LogP contribution in [-0.4, -0.2) is 35.9 Å². The van der Waals surface area contributed by atoms with Crippen molar-refractivity contribution in [2.45, 2.75) is 33.4 Å². The van der Waals surface area contributed by atoms with Crippen molar-refractivity contribution in [2.24, 2.45) is 5.92 Å². The molecule has 1 atom stereocenters. The fourth-order valence-corrected chi connectivity index (χ4v) is 3.08. The van der Waals surface area contributed by atoms with Gasteiger partial charge < -0.3 is 15.0 Å².